The number of carbonyl (C=O) groups excluding carboxylic acids is 1. The molecule has 1 amide bonds. The number of amides is 1. The average molecular weight is 430 g/mol. The molecule has 1 fully saturated rings. The van der Waals surface area contributed by atoms with Crippen LogP contribution in [0.3, 0.4) is 0 Å². The predicted octanol–water partition coefficient (Wildman–Crippen LogP) is 3.87. The molecule has 0 radical (unpaired) electrons. The van der Waals surface area contributed by atoms with Gasteiger partial charge in [0.05, 0.1) is 26.9 Å². The van der Waals surface area contributed by atoms with Crippen LogP contribution in [0.4, 0.5) is 0 Å². The Labute approximate surface area is 186 Å². The van der Waals surface area contributed by atoms with Gasteiger partial charge in [-0.25, -0.2) is 4.84 Å². The Morgan fingerprint density at radius 1 is 1.10 bits per heavy atom. The van der Waals surface area contributed by atoms with E-state index in [1.165, 1.54) is 11.3 Å². The minimum atomic E-state index is 0.0270. The van der Waals surface area contributed by atoms with Crippen LogP contribution in [0.15, 0.2) is 53.8 Å². The van der Waals surface area contributed by atoms with Crippen molar-refractivity contribution in [2.24, 2.45) is 5.92 Å². The lowest BCUT2D eigenvalue weighted by atomic mass is 9.89. The average Bonchev–Trinajstić information content (AvgIpc) is 3.05. The first-order valence-electron chi connectivity index (χ1n) is 11.1. The Morgan fingerprint density at radius 3 is 2.48 bits per heavy atom. The van der Waals surface area contributed by atoms with E-state index in [1.807, 2.05) is 18.7 Å². The Hall–Kier alpha value is -2.57. The number of quaternary nitrogens is 1. The van der Waals surface area contributed by atoms with Gasteiger partial charge in [-0.2, -0.15) is 5.48 Å². The van der Waals surface area contributed by atoms with Gasteiger partial charge in [-0.05, 0) is 49.0 Å². The van der Waals surface area contributed by atoms with Crippen LogP contribution in [0.2, 0.25) is 0 Å². The first-order valence-corrected chi connectivity index (χ1v) is 11.1. The van der Waals surface area contributed by atoms with Gasteiger partial charge in [-0.1, -0.05) is 32.1 Å². The fourth-order valence-electron chi connectivity index (χ4n) is 3.88. The highest BCUT2D eigenvalue weighted by Gasteiger charge is 2.26. The van der Waals surface area contributed by atoms with Crippen LogP contribution in [0.5, 0.6) is 11.5 Å². The molecule has 1 aliphatic heterocycles. The van der Waals surface area contributed by atoms with Crippen molar-refractivity contribution >= 4 is 5.91 Å². The molecule has 0 unspecified atom stereocenters. The van der Waals surface area contributed by atoms with Crippen molar-refractivity contribution in [3.63, 3.8) is 0 Å². The van der Waals surface area contributed by atoms with Crippen molar-refractivity contribution < 1.29 is 24.6 Å². The van der Waals surface area contributed by atoms with Crippen LogP contribution in [0.1, 0.15) is 49.9 Å². The molecule has 1 aromatic carbocycles. The number of methoxy groups -OCH3 is 2. The number of rotatable bonds is 7. The molecule has 2 N–H and O–H groups in total. The molecule has 31 heavy (non-hydrogen) atoms. The molecule has 0 bridgehead atoms. The van der Waals surface area contributed by atoms with Crippen molar-refractivity contribution in [2.75, 3.05) is 34.4 Å². The zero-order valence-corrected chi connectivity index (χ0v) is 19.5. The number of piperidine rings is 1. The molecule has 6 heteroatoms. The Morgan fingerprint density at radius 2 is 1.84 bits per heavy atom. The number of benzene rings is 1. The normalized spacial score (nSPS) is 16.5. The predicted molar refractivity (Wildman–Crippen MR) is 123 cm³/mol. The Bertz CT molecular complexity index is 806. The molecule has 2 aliphatic rings. The quantitative estimate of drug-likeness (QED) is 0.669. The first-order chi connectivity index (χ1) is 15.1. The Balaban J connectivity index is 0.00000166. The number of hydrogen-bond donors (Lipinski definition) is 1. The SMILES string of the molecule is CC.CO[NH2+]C1=CC=C(CC2CCN(C(=O)c3ccc(OC)cc3OC)CC2)C=CC1. The van der Waals surface area contributed by atoms with E-state index in [9.17, 15) is 4.79 Å². The molecule has 170 valence electrons. The van der Waals surface area contributed by atoms with E-state index in [0.29, 0.717) is 23.0 Å². The molecule has 1 aliphatic carbocycles. The highest BCUT2D eigenvalue weighted by molar-refractivity contribution is 5.97. The molecule has 0 saturated carbocycles. The van der Waals surface area contributed by atoms with Crippen molar-refractivity contribution in [2.45, 2.75) is 39.5 Å². The number of nitrogens with two attached hydrogens (primary N) is 1. The van der Waals surface area contributed by atoms with Gasteiger partial charge in [0.2, 0.25) is 0 Å². The maximum absolute atomic E-state index is 13.0. The summed E-state index contributed by atoms with van der Waals surface area (Å²) in [4.78, 5) is 20.0. The topological polar surface area (TPSA) is 64.6 Å². The summed E-state index contributed by atoms with van der Waals surface area (Å²) >= 11 is 0. The van der Waals surface area contributed by atoms with Gasteiger partial charge < -0.3 is 14.4 Å². The number of ether oxygens (including phenoxy) is 2. The van der Waals surface area contributed by atoms with Crippen molar-refractivity contribution in [3.05, 3.63) is 59.3 Å². The van der Waals surface area contributed by atoms with Crippen LogP contribution in [-0.2, 0) is 4.84 Å². The summed E-state index contributed by atoms with van der Waals surface area (Å²) in [5.74, 6) is 1.86. The highest BCUT2D eigenvalue weighted by Crippen LogP contribution is 2.29. The van der Waals surface area contributed by atoms with Gasteiger partial charge in [-0.3, -0.25) is 4.79 Å². The summed E-state index contributed by atoms with van der Waals surface area (Å²) in [6, 6.07) is 5.35. The van der Waals surface area contributed by atoms with Crippen molar-refractivity contribution in [3.8, 4) is 11.5 Å². The second-order valence-electron chi connectivity index (χ2n) is 7.45. The van der Waals surface area contributed by atoms with Gasteiger partial charge >= 0.3 is 0 Å². The number of hydroxylamine groups is 1. The van der Waals surface area contributed by atoms with E-state index in [2.05, 4.69) is 24.3 Å². The zero-order valence-electron chi connectivity index (χ0n) is 19.5. The second kappa shape index (κ2) is 13.0. The van der Waals surface area contributed by atoms with Crippen LogP contribution < -0.4 is 15.0 Å². The maximum atomic E-state index is 13.0. The van der Waals surface area contributed by atoms with Crippen LogP contribution in [0.25, 0.3) is 0 Å². The number of allylic oxidation sites excluding steroid dienone is 5. The van der Waals surface area contributed by atoms with E-state index < -0.39 is 0 Å². The monoisotopic (exact) mass is 429 g/mol. The van der Waals surface area contributed by atoms with E-state index in [4.69, 9.17) is 14.3 Å². The van der Waals surface area contributed by atoms with Crippen molar-refractivity contribution in [1.29, 1.82) is 0 Å². The maximum Gasteiger partial charge on any atom is 0.257 e. The number of likely N-dealkylation sites (tertiary alicyclic amines) is 1. The second-order valence-corrected chi connectivity index (χ2v) is 7.45. The standard InChI is InChI=1S/C23H30N2O4.C2H6/c1-27-20-9-10-21(22(16-20)28-2)23(26)25-13-11-18(12-14-25)15-17-5-4-6-19(8-7-17)24-29-3;1-2/h4-5,7-10,16,18,24H,6,11-15H2,1-3H3;1-2H3/p+1. The number of carbonyl (C=O) groups is 1. The summed E-state index contributed by atoms with van der Waals surface area (Å²) < 4.78 is 10.6. The fraction of sp³-hybridized carbons (Fsp3) is 0.480. The van der Waals surface area contributed by atoms with Gasteiger partial charge in [-0.15, -0.1) is 0 Å². The summed E-state index contributed by atoms with van der Waals surface area (Å²) in [6.07, 6.45) is 12.7. The largest absolute Gasteiger partial charge is 0.497 e. The molecule has 3 rings (SSSR count). The van der Waals surface area contributed by atoms with E-state index >= 15 is 0 Å². The molecule has 0 aromatic heterocycles. The Kier molecular flexibility index (Phi) is 10.3. The van der Waals surface area contributed by atoms with E-state index in [0.717, 1.165) is 38.8 Å². The number of nitrogens with zero attached hydrogens (tertiary/aromatic N) is 1. The highest BCUT2D eigenvalue weighted by atomic mass is 16.6. The lowest BCUT2D eigenvalue weighted by molar-refractivity contribution is -0.855. The van der Waals surface area contributed by atoms with E-state index in [-0.39, 0.29) is 5.91 Å². The molecule has 1 heterocycles. The van der Waals surface area contributed by atoms with Crippen molar-refractivity contribution in [1.82, 2.24) is 4.90 Å². The smallest absolute Gasteiger partial charge is 0.257 e. The van der Waals surface area contributed by atoms with Crippen LogP contribution >= 0.6 is 0 Å². The molecule has 0 atom stereocenters. The lowest BCUT2D eigenvalue weighted by Crippen LogP contribution is -2.80. The minimum absolute atomic E-state index is 0.0270. The zero-order chi connectivity index (χ0) is 22.6. The molecule has 1 saturated heterocycles. The number of hydrogen-bond acceptors (Lipinski definition) is 4. The lowest BCUT2D eigenvalue weighted by Gasteiger charge is -2.32. The molecule has 1 aromatic rings. The third-order valence-corrected chi connectivity index (χ3v) is 5.53. The summed E-state index contributed by atoms with van der Waals surface area (Å²) in [5, 5.41) is 0. The van der Waals surface area contributed by atoms with E-state index in [1.54, 1.807) is 45.0 Å². The summed E-state index contributed by atoms with van der Waals surface area (Å²) in [7, 11) is 4.86. The third kappa shape index (κ3) is 6.97. The summed E-state index contributed by atoms with van der Waals surface area (Å²) in [6.45, 7) is 5.54. The minimum Gasteiger partial charge on any atom is -0.497 e. The van der Waals surface area contributed by atoms with Crippen LogP contribution in [-0.4, -0.2) is 45.2 Å². The van der Waals surface area contributed by atoms with Gasteiger partial charge in [0.1, 0.15) is 17.2 Å². The molecule has 0 spiro atoms. The molecular formula is C25H37N2O4+. The first kappa shape index (κ1) is 24.7. The van der Waals surface area contributed by atoms with Gasteiger partial charge in [0.15, 0.2) is 0 Å². The molecular weight excluding hydrogens is 392 g/mol. The van der Waals surface area contributed by atoms with Crippen LogP contribution in [0, 0.1) is 5.92 Å². The molecule has 6 nitrogen and oxygen atoms in total. The van der Waals surface area contributed by atoms with Gasteiger partial charge in [0, 0.05) is 25.6 Å². The third-order valence-electron chi connectivity index (χ3n) is 5.53. The summed E-state index contributed by atoms with van der Waals surface area (Å²) in [5.41, 5.74) is 4.90. The fourth-order valence-corrected chi connectivity index (χ4v) is 3.88. The van der Waals surface area contributed by atoms with Gasteiger partial charge in [0.25, 0.3) is 5.91 Å².